The first-order valence-corrected chi connectivity index (χ1v) is 8.81. The molecule has 0 saturated heterocycles. The minimum atomic E-state index is -3.65. The van der Waals surface area contributed by atoms with Crippen LogP contribution in [0.2, 0.25) is 0 Å². The average molecular weight is 362 g/mol. The van der Waals surface area contributed by atoms with Crippen molar-refractivity contribution in [3.8, 4) is 0 Å². The molecule has 0 unspecified atom stereocenters. The zero-order chi connectivity index (χ0) is 18.6. The molecule has 2 N–H and O–H groups in total. The molecule has 0 atom stereocenters. The minimum absolute atomic E-state index is 0.0114. The number of sulfonamides is 1. The number of hydrogen-bond acceptors (Lipinski definition) is 5. The van der Waals surface area contributed by atoms with Crippen LogP contribution in [0.25, 0.3) is 0 Å². The van der Waals surface area contributed by atoms with E-state index in [0.717, 1.165) is 0 Å². The molecule has 0 aliphatic rings. The van der Waals surface area contributed by atoms with Gasteiger partial charge in [0.25, 0.3) is 5.91 Å². The molecule has 0 aliphatic carbocycles. The van der Waals surface area contributed by atoms with Crippen LogP contribution in [0.3, 0.4) is 0 Å². The Morgan fingerprint density at radius 1 is 1.08 bits per heavy atom. The second kappa shape index (κ2) is 7.45. The van der Waals surface area contributed by atoms with Crippen molar-refractivity contribution in [3.05, 3.63) is 59.2 Å². The lowest BCUT2D eigenvalue weighted by atomic mass is 10.1. The quantitative estimate of drug-likeness (QED) is 0.792. The Bertz CT molecular complexity index is 922. The highest BCUT2D eigenvalue weighted by atomic mass is 32.2. The number of benzene rings is 2. The number of rotatable bonds is 5. The predicted molar refractivity (Wildman–Crippen MR) is 93.2 cm³/mol. The lowest BCUT2D eigenvalue weighted by Crippen LogP contribution is -2.20. The highest BCUT2D eigenvalue weighted by Gasteiger charge is 2.16. The molecule has 1 amide bonds. The number of anilines is 1. The van der Waals surface area contributed by atoms with Crippen LogP contribution < -0.4 is 10.0 Å². The summed E-state index contributed by atoms with van der Waals surface area (Å²) in [6.45, 7) is 1.68. The summed E-state index contributed by atoms with van der Waals surface area (Å²) in [7, 11) is -1.07. The van der Waals surface area contributed by atoms with Gasteiger partial charge in [0, 0.05) is 11.3 Å². The fourth-order valence-electron chi connectivity index (χ4n) is 2.22. The number of carbonyl (C=O) groups is 2. The minimum Gasteiger partial charge on any atom is -0.465 e. The third-order valence-corrected chi connectivity index (χ3v) is 5.07. The van der Waals surface area contributed by atoms with Gasteiger partial charge in [-0.05, 0) is 49.9 Å². The summed E-state index contributed by atoms with van der Waals surface area (Å²) >= 11 is 0. The van der Waals surface area contributed by atoms with E-state index in [9.17, 15) is 18.0 Å². The summed E-state index contributed by atoms with van der Waals surface area (Å²) in [5.41, 5.74) is 1.52. The van der Waals surface area contributed by atoms with Crippen LogP contribution in [0.5, 0.6) is 0 Å². The highest BCUT2D eigenvalue weighted by Crippen LogP contribution is 2.21. The molecular formula is C17H18N2O5S. The second-order valence-corrected chi connectivity index (χ2v) is 7.05. The maximum absolute atomic E-state index is 12.4. The maximum atomic E-state index is 12.4. The van der Waals surface area contributed by atoms with Crippen LogP contribution >= 0.6 is 0 Å². The number of nitrogens with one attached hydrogen (secondary N) is 2. The first-order valence-electron chi connectivity index (χ1n) is 7.33. The van der Waals surface area contributed by atoms with Crippen LogP contribution in [0.4, 0.5) is 5.69 Å². The number of esters is 1. The van der Waals surface area contributed by atoms with Crippen LogP contribution in [-0.4, -0.2) is 34.5 Å². The molecule has 2 aromatic rings. The van der Waals surface area contributed by atoms with Crippen molar-refractivity contribution in [1.82, 2.24) is 4.72 Å². The van der Waals surface area contributed by atoms with Crippen molar-refractivity contribution in [2.75, 3.05) is 19.5 Å². The summed E-state index contributed by atoms with van der Waals surface area (Å²) in [5.74, 6) is -0.992. The van der Waals surface area contributed by atoms with Gasteiger partial charge in [-0.3, -0.25) is 4.79 Å². The van der Waals surface area contributed by atoms with Crippen molar-refractivity contribution in [2.45, 2.75) is 11.8 Å². The standard InChI is InChI=1S/C17H18N2O5S/c1-11-14(17(21)24-3)8-5-9-15(11)19-16(20)12-6-4-7-13(10-12)25(22,23)18-2/h4-10,18H,1-3H3,(H,19,20). The molecule has 25 heavy (non-hydrogen) atoms. The molecule has 0 aromatic heterocycles. The lowest BCUT2D eigenvalue weighted by molar-refractivity contribution is 0.0599. The summed E-state index contributed by atoms with van der Waals surface area (Å²) in [6.07, 6.45) is 0. The molecule has 0 saturated carbocycles. The second-order valence-electron chi connectivity index (χ2n) is 5.16. The van der Waals surface area contributed by atoms with Gasteiger partial charge < -0.3 is 10.1 Å². The van der Waals surface area contributed by atoms with Crippen molar-refractivity contribution in [2.24, 2.45) is 0 Å². The number of ether oxygens (including phenoxy) is 1. The Hall–Kier alpha value is -2.71. The Labute approximate surface area is 146 Å². The summed E-state index contributed by atoms with van der Waals surface area (Å²) in [5, 5.41) is 2.68. The van der Waals surface area contributed by atoms with Gasteiger partial charge in [0.2, 0.25) is 10.0 Å². The average Bonchev–Trinajstić information content (AvgIpc) is 2.62. The van der Waals surface area contributed by atoms with Crippen molar-refractivity contribution >= 4 is 27.6 Å². The van der Waals surface area contributed by atoms with Crippen LogP contribution in [0.15, 0.2) is 47.4 Å². The molecule has 7 nitrogen and oxygen atoms in total. The van der Waals surface area contributed by atoms with Gasteiger partial charge in [-0.15, -0.1) is 0 Å². The van der Waals surface area contributed by atoms with Crippen molar-refractivity contribution in [1.29, 1.82) is 0 Å². The van der Waals surface area contributed by atoms with Crippen molar-refractivity contribution in [3.63, 3.8) is 0 Å². The van der Waals surface area contributed by atoms with Gasteiger partial charge >= 0.3 is 5.97 Å². The first-order chi connectivity index (χ1) is 11.8. The predicted octanol–water partition coefficient (Wildman–Crippen LogP) is 1.94. The Kier molecular flexibility index (Phi) is 5.55. The largest absolute Gasteiger partial charge is 0.465 e. The number of methoxy groups -OCH3 is 1. The van der Waals surface area contributed by atoms with Gasteiger partial charge in [-0.2, -0.15) is 0 Å². The van der Waals surface area contributed by atoms with Crippen LogP contribution in [0, 0.1) is 6.92 Å². The molecule has 0 bridgehead atoms. The Morgan fingerprint density at radius 2 is 1.76 bits per heavy atom. The van der Waals surface area contributed by atoms with Gasteiger partial charge in [0.15, 0.2) is 0 Å². The van der Waals surface area contributed by atoms with Gasteiger partial charge in [0.1, 0.15) is 0 Å². The molecule has 0 fully saturated rings. The third-order valence-electron chi connectivity index (χ3n) is 3.66. The molecule has 2 aromatic carbocycles. The van der Waals surface area contributed by atoms with Gasteiger partial charge in [0.05, 0.1) is 17.6 Å². The number of carbonyl (C=O) groups excluding carboxylic acids is 2. The normalized spacial score (nSPS) is 11.0. The van der Waals surface area contributed by atoms with Gasteiger partial charge in [-0.25, -0.2) is 17.9 Å². The molecular weight excluding hydrogens is 344 g/mol. The summed E-state index contributed by atoms with van der Waals surface area (Å²) in [6, 6.07) is 10.5. The summed E-state index contributed by atoms with van der Waals surface area (Å²) < 4.78 is 30.6. The molecule has 0 aliphatic heterocycles. The van der Waals surface area contributed by atoms with Crippen molar-refractivity contribution < 1.29 is 22.7 Å². The topological polar surface area (TPSA) is 102 Å². The summed E-state index contributed by atoms with van der Waals surface area (Å²) in [4.78, 5) is 24.2. The van der Waals surface area contributed by atoms with E-state index in [1.54, 1.807) is 25.1 Å². The molecule has 0 heterocycles. The lowest BCUT2D eigenvalue weighted by Gasteiger charge is -2.12. The maximum Gasteiger partial charge on any atom is 0.338 e. The van der Waals surface area contributed by atoms with E-state index in [1.807, 2.05) is 0 Å². The fourth-order valence-corrected chi connectivity index (χ4v) is 2.99. The Balaban J connectivity index is 2.33. The van der Waals surface area contributed by atoms with E-state index in [0.29, 0.717) is 16.8 Å². The number of amides is 1. The molecule has 8 heteroatoms. The molecule has 132 valence electrons. The fraction of sp³-hybridized carbons (Fsp3) is 0.176. The van der Waals surface area contributed by atoms with E-state index in [1.165, 1.54) is 38.4 Å². The smallest absolute Gasteiger partial charge is 0.338 e. The first kappa shape index (κ1) is 18.6. The van der Waals surface area contributed by atoms with Crippen LogP contribution in [0.1, 0.15) is 26.3 Å². The van der Waals surface area contributed by atoms with E-state index < -0.39 is 21.9 Å². The molecule has 2 rings (SSSR count). The molecule has 0 radical (unpaired) electrons. The SMILES string of the molecule is CNS(=O)(=O)c1cccc(C(=O)Nc2cccc(C(=O)OC)c2C)c1. The number of hydrogen-bond donors (Lipinski definition) is 2. The van der Waals surface area contributed by atoms with Crippen LogP contribution in [-0.2, 0) is 14.8 Å². The van der Waals surface area contributed by atoms with E-state index in [4.69, 9.17) is 4.74 Å². The van der Waals surface area contributed by atoms with E-state index >= 15 is 0 Å². The zero-order valence-electron chi connectivity index (χ0n) is 14.0. The molecule has 0 spiro atoms. The Morgan fingerprint density at radius 3 is 2.40 bits per heavy atom. The van der Waals surface area contributed by atoms with E-state index in [2.05, 4.69) is 10.0 Å². The zero-order valence-corrected chi connectivity index (χ0v) is 14.8. The van der Waals surface area contributed by atoms with E-state index in [-0.39, 0.29) is 10.5 Å². The van der Waals surface area contributed by atoms with Gasteiger partial charge in [-0.1, -0.05) is 12.1 Å². The monoisotopic (exact) mass is 362 g/mol. The third kappa shape index (κ3) is 4.04. The highest BCUT2D eigenvalue weighted by molar-refractivity contribution is 7.89.